The first-order valence-corrected chi connectivity index (χ1v) is 7.27. The number of hydrogen-bond donors (Lipinski definition) is 2. The van der Waals surface area contributed by atoms with E-state index in [9.17, 15) is 9.59 Å². The van der Waals surface area contributed by atoms with Crippen LogP contribution in [-0.4, -0.2) is 36.2 Å². The van der Waals surface area contributed by atoms with Crippen LogP contribution in [-0.2, 0) is 20.7 Å². The molecule has 0 fully saturated rings. The molecule has 1 amide bonds. The molecule has 21 heavy (non-hydrogen) atoms. The van der Waals surface area contributed by atoms with Crippen molar-refractivity contribution in [1.82, 2.24) is 5.32 Å². The normalized spacial score (nSPS) is 11.9. The van der Waals surface area contributed by atoms with E-state index in [-0.39, 0.29) is 13.0 Å². The zero-order chi connectivity index (χ0) is 15.5. The molecule has 1 atom stereocenters. The summed E-state index contributed by atoms with van der Waals surface area (Å²) >= 11 is 0. The number of unbranched alkanes of at least 4 members (excludes halogenated alkanes) is 2. The third-order valence-electron chi connectivity index (χ3n) is 3.04. The highest BCUT2D eigenvalue weighted by molar-refractivity contribution is 5.84. The molecule has 5 heteroatoms. The highest BCUT2D eigenvalue weighted by Crippen LogP contribution is 2.03. The molecule has 0 radical (unpaired) electrons. The van der Waals surface area contributed by atoms with Crippen molar-refractivity contribution in [3.63, 3.8) is 0 Å². The van der Waals surface area contributed by atoms with E-state index in [0.717, 1.165) is 24.8 Å². The molecule has 0 unspecified atom stereocenters. The maximum absolute atomic E-state index is 11.7. The van der Waals surface area contributed by atoms with E-state index in [1.807, 2.05) is 30.3 Å². The van der Waals surface area contributed by atoms with E-state index in [1.54, 1.807) is 0 Å². The average molecular weight is 293 g/mol. The molecular formula is C16H23NO4. The first-order chi connectivity index (χ1) is 10.1. The Morgan fingerprint density at radius 1 is 1.24 bits per heavy atom. The second-order valence-corrected chi connectivity index (χ2v) is 4.91. The van der Waals surface area contributed by atoms with Crippen molar-refractivity contribution in [2.45, 2.75) is 38.6 Å². The summed E-state index contributed by atoms with van der Waals surface area (Å²) < 4.78 is 5.22. The molecule has 0 bridgehead atoms. The summed E-state index contributed by atoms with van der Waals surface area (Å²) in [5.74, 6) is -1.44. The lowest BCUT2D eigenvalue weighted by Gasteiger charge is -2.14. The van der Waals surface area contributed by atoms with Crippen molar-refractivity contribution in [1.29, 1.82) is 0 Å². The molecule has 0 aliphatic heterocycles. The summed E-state index contributed by atoms with van der Waals surface area (Å²) in [6, 6.07) is 8.29. The predicted octanol–water partition coefficient (Wildman–Crippen LogP) is 2.01. The molecule has 5 nitrogen and oxygen atoms in total. The molecule has 0 aliphatic rings. The van der Waals surface area contributed by atoms with Gasteiger partial charge in [-0.3, -0.25) is 4.79 Å². The first-order valence-electron chi connectivity index (χ1n) is 7.27. The van der Waals surface area contributed by atoms with Crippen LogP contribution in [0.2, 0.25) is 0 Å². The smallest absolute Gasteiger partial charge is 0.326 e. The number of carbonyl (C=O) groups is 2. The van der Waals surface area contributed by atoms with E-state index in [0.29, 0.717) is 6.61 Å². The molecule has 0 saturated carbocycles. The monoisotopic (exact) mass is 293 g/mol. The Bertz CT molecular complexity index is 433. The summed E-state index contributed by atoms with van der Waals surface area (Å²) in [6.45, 7) is 2.52. The van der Waals surface area contributed by atoms with Crippen molar-refractivity contribution in [3.8, 4) is 0 Å². The number of carboxylic acid groups (broad SMARTS) is 1. The second kappa shape index (κ2) is 9.94. The molecule has 0 heterocycles. The van der Waals surface area contributed by atoms with E-state index < -0.39 is 17.9 Å². The fourth-order valence-corrected chi connectivity index (χ4v) is 1.90. The van der Waals surface area contributed by atoms with Gasteiger partial charge in [-0.1, -0.05) is 50.1 Å². The van der Waals surface area contributed by atoms with Crippen molar-refractivity contribution in [2.24, 2.45) is 0 Å². The van der Waals surface area contributed by atoms with Gasteiger partial charge in [0, 0.05) is 13.0 Å². The number of benzene rings is 1. The van der Waals surface area contributed by atoms with Crippen LogP contribution in [0.25, 0.3) is 0 Å². The average Bonchev–Trinajstić information content (AvgIpc) is 2.47. The van der Waals surface area contributed by atoms with Gasteiger partial charge in [0.1, 0.15) is 12.6 Å². The zero-order valence-corrected chi connectivity index (χ0v) is 12.4. The maximum Gasteiger partial charge on any atom is 0.326 e. The molecule has 1 rings (SSSR count). The summed E-state index contributed by atoms with van der Waals surface area (Å²) in [5, 5.41) is 11.7. The van der Waals surface area contributed by atoms with E-state index >= 15 is 0 Å². The Morgan fingerprint density at radius 3 is 2.57 bits per heavy atom. The molecular weight excluding hydrogens is 270 g/mol. The van der Waals surface area contributed by atoms with Crippen LogP contribution >= 0.6 is 0 Å². The van der Waals surface area contributed by atoms with Gasteiger partial charge < -0.3 is 15.2 Å². The lowest BCUT2D eigenvalue weighted by Crippen LogP contribution is -2.43. The predicted molar refractivity (Wildman–Crippen MR) is 80.1 cm³/mol. The van der Waals surface area contributed by atoms with Gasteiger partial charge in [-0.25, -0.2) is 4.79 Å². The zero-order valence-electron chi connectivity index (χ0n) is 12.4. The van der Waals surface area contributed by atoms with Gasteiger partial charge in [0.25, 0.3) is 0 Å². The van der Waals surface area contributed by atoms with Gasteiger partial charge >= 0.3 is 5.97 Å². The van der Waals surface area contributed by atoms with Crippen LogP contribution in [0.15, 0.2) is 30.3 Å². The first kappa shape index (κ1) is 17.2. The lowest BCUT2D eigenvalue weighted by atomic mass is 10.1. The van der Waals surface area contributed by atoms with Gasteiger partial charge in [0.15, 0.2) is 0 Å². The molecule has 0 saturated heterocycles. The van der Waals surface area contributed by atoms with Crippen LogP contribution in [0.5, 0.6) is 0 Å². The molecule has 1 aromatic rings. The van der Waals surface area contributed by atoms with Crippen LogP contribution in [0, 0.1) is 0 Å². The number of carboxylic acids is 1. The Kier molecular flexibility index (Phi) is 8.12. The summed E-state index contributed by atoms with van der Waals surface area (Å²) in [6.07, 6.45) is 3.33. The van der Waals surface area contributed by atoms with Crippen molar-refractivity contribution >= 4 is 11.9 Å². The van der Waals surface area contributed by atoms with Gasteiger partial charge in [0.2, 0.25) is 5.91 Å². The molecule has 2 N–H and O–H groups in total. The van der Waals surface area contributed by atoms with Crippen LogP contribution in [0.4, 0.5) is 0 Å². The van der Waals surface area contributed by atoms with Crippen molar-refractivity contribution in [3.05, 3.63) is 35.9 Å². The highest BCUT2D eigenvalue weighted by Gasteiger charge is 2.20. The van der Waals surface area contributed by atoms with Crippen molar-refractivity contribution < 1.29 is 19.4 Å². The third kappa shape index (κ3) is 7.46. The highest BCUT2D eigenvalue weighted by atomic mass is 16.5. The Balaban J connectivity index is 2.36. The van der Waals surface area contributed by atoms with Gasteiger partial charge in [-0.2, -0.15) is 0 Å². The standard InChI is InChI=1S/C16H23NO4/c1-2-3-7-10-21-12-15(18)17-14(16(19)20)11-13-8-5-4-6-9-13/h4-6,8-9,14H,2-3,7,10-12H2,1H3,(H,17,18)(H,19,20)/t14-/m1/s1. The maximum atomic E-state index is 11.7. The molecule has 116 valence electrons. The summed E-state index contributed by atoms with van der Waals surface area (Å²) in [5.41, 5.74) is 0.870. The summed E-state index contributed by atoms with van der Waals surface area (Å²) in [4.78, 5) is 22.9. The number of amides is 1. The van der Waals surface area contributed by atoms with Crippen molar-refractivity contribution in [2.75, 3.05) is 13.2 Å². The number of aliphatic carboxylic acids is 1. The second-order valence-electron chi connectivity index (χ2n) is 4.91. The van der Waals surface area contributed by atoms with E-state index in [1.165, 1.54) is 0 Å². The lowest BCUT2D eigenvalue weighted by molar-refractivity contribution is -0.142. The SMILES string of the molecule is CCCCCOCC(=O)N[C@H](Cc1ccccc1)C(=O)O. The molecule has 1 aromatic carbocycles. The number of hydrogen-bond acceptors (Lipinski definition) is 3. The fraction of sp³-hybridized carbons (Fsp3) is 0.500. The largest absolute Gasteiger partial charge is 0.480 e. The molecule has 0 aromatic heterocycles. The van der Waals surface area contributed by atoms with Gasteiger partial charge in [-0.15, -0.1) is 0 Å². The minimum atomic E-state index is -1.04. The number of carbonyl (C=O) groups excluding carboxylic acids is 1. The van der Waals surface area contributed by atoms with Crippen LogP contribution in [0.3, 0.4) is 0 Å². The Labute approximate surface area is 125 Å². The summed E-state index contributed by atoms with van der Waals surface area (Å²) in [7, 11) is 0. The number of rotatable bonds is 10. The minimum Gasteiger partial charge on any atom is -0.480 e. The third-order valence-corrected chi connectivity index (χ3v) is 3.04. The number of nitrogens with one attached hydrogen (secondary N) is 1. The number of ether oxygens (including phenoxy) is 1. The van der Waals surface area contributed by atoms with E-state index in [4.69, 9.17) is 9.84 Å². The van der Waals surface area contributed by atoms with Gasteiger partial charge in [0.05, 0.1) is 0 Å². The topological polar surface area (TPSA) is 75.6 Å². The molecule has 0 spiro atoms. The quantitative estimate of drug-likeness (QED) is 0.647. The fourth-order valence-electron chi connectivity index (χ4n) is 1.90. The molecule has 0 aliphatic carbocycles. The van der Waals surface area contributed by atoms with Crippen LogP contribution in [0.1, 0.15) is 31.7 Å². The van der Waals surface area contributed by atoms with Crippen LogP contribution < -0.4 is 5.32 Å². The Hall–Kier alpha value is -1.88. The minimum absolute atomic E-state index is 0.0950. The Morgan fingerprint density at radius 2 is 1.95 bits per heavy atom. The van der Waals surface area contributed by atoms with Gasteiger partial charge in [-0.05, 0) is 12.0 Å². The van der Waals surface area contributed by atoms with E-state index in [2.05, 4.69) is 12.2 Å².